The number of carboxylic acids is 2. The molecule has 0 heterocycles. The third kappa shape index (κ3) is 16.4. The molecule has 1 fully saturated rings. The number of rotatable bonds is 12. The minimum absolute atomic E-state index is 0. The van der Waals surface area contributed by atoms with E-state index in [-0.39, 0.29) is 28.9 Å². The largest absolute Gasteiger partial charge is 2.00 e. The summed E-state index contributed by atoms with van der Waals surface area (Å²) in [6, 6.07) is 8.67. The molecule has 0 amide bonds. The molecule has 46 heavy (non-hydrogen) atoms. The van der Waals surface area contributed by atoms with Gasteiger partial charge in [-0.3, -0.25) is 9.98 Å². The van der Waals surface area contributed by atoms with Gasteiger partial charge in [-0.05, 0) is 118 Å². The average Bonchev–Trinajstić information content (AvgIpc) is 3.41. The number of aromatic hydroxyl groups is 2. The number of carbonyl (C=O) groups excluding carboxylic acids is 2. The molecule has 8 nitrogen and oxygen atoms in total. The van der Waals surface area contributed by atoms with Crippen LogP contribution in [0.3, 0.4) is 0 Å². The first-order valence-corrected chi connectivity index (χ1v) is 16.3. The molecule has 1 aliphatic carbocycles. The second-order valence-electron chi connectivity index (χ2n) is 12.6. The molecule has 2 atom stereocenters. The van der Waals surface area contributed by atoms with E-state index in [1.165, 1.54) is 11.1 Å². The maximum Gasteiger partial charge on any atom is 2.00 e. The molecule has 0 spiro atoms. The minimum atomic E-state index is -1.08. The summed E-state index contributed by atoms with van der Waals surface area (Å²) >= 11 is 0. The van der Waals surface area contributed by atoms with Gasteiger partial charge in [-0.2, -0.15) is 0 Å². The van der Waals surface area contributed by atoms with Crippen LogP contribution in [0.25, 0.3) is 0 Å². The third-order valence-corrected chi connectivity index (χ3v) is 7.59. The van der Waals surface area contributed by atoms with Gasteiger partial charge in [0.2, 0.25) is 0 Å². The number of phenolic OH excluding ortho intramolecular Hbond substituents is 2. The van der Waals surface area contributed by atoms with Crippen LogP contribution in [0.5, 0.6) is 11.5 Å². The number of hydrogen-bond donors (Lipinski definition) is 2. The van der Waals surface area contributed by atoms with Crippen molar-refractivity contribution >= 4 is 24.4 Å². The van der Waals surface area contributed by atoms with Gasteiger partial charge in [-0.25, -0.2) is 0 Å². The molecule has 0 bridgehead atoms. The fourth-order valence-corrected chi connectivity index (χ4v) is 5.13. The first kappa shape index (κ1) is 42.8. The number of hydrogen-bond acceptors (Lipinski definition) is 8. The van der Waals surface area contributed by atoms with E-state index in [1.54, 1.807) is 0 Å². The molecule has 3 rings (SSSR count). The normalized spacial score (nSPS) is 15.8. The molecule has 2 N–H and O–H groups in total. The van der Waals surface area contributed by atoms with Gasteiger partial charge in [-0.1, -0.05) is 53.7 Å². The van der Waals surface area contributed by atoms with Gasteiger partial charge in [0, 0.05) is 35.5 Å². The first-order chi connectivity index (χ1) is 21.2. The molecule has 2 aromatic rings. The number of aliphatic carboxylic acids is 2. The quantitative estimate of drug-likeness (QED) is 0.288. The van der Waals surface area contributed by atoms with Crippen LogP contribution in [-0.2, 0) is 52.1 Å². The summed E-state index contributed by atoms with van der Waals surface area (Å²) in [5.41, 5.74) is 6.15. The van der Waals surface area contributed by atoms with Gasteiger partial charge < -0.3 is 30.0 Å². The number of carbonyl (C=O) groups is 2. The van der Waals surface area contributed by atoms with Crippen LogP contribution < -0.4 is 10.2 Å². The second-order valence-corrected chi connectivity index (χ2v) is 12.6. The van der Waals surface area contributed by atoms with Gasteiger partial charge in [0.05, 0.1) is 12.1 Å². The zero-order chi connectivity index (χ0) is 34.1. The smallest absolute Gasteiger partial charge is 0.550 e. The number of nitrogens with zero attached hydrogens (tertiary/aromatic N) is 2. The van der Waals surface area contributed by atoms with Crippen LogP contribution in [0.1, 0.15) is 121 Å². The van der Waals surface area contributed by atoms with Crippen LogP contribution in [-0.4, -0.2) is 46.7 Å². The summed E-state index contributed by atoms with van der Waals surface area (Å²) in [6.45, 7) is 15.1. The van der Waals surface area contributed by atoms with Crippen molar-refractivity contribution in [2.24, 2.45) is 21.8 Å². The van der Waals surface area contributed by atoms with E-state index in [9.17, 15) is 10.2 Å². The van der Waals surface area contributed by atoms with Crippen molar-refractivity contribution in [1.82, 2.24) is 0 Å². The fourth-order valence-electron chi connectivity index (χ4n) is 5.13. The van der Waals surface area contributed by atoms with Crippen molar-refractivity contribution in [3.63, 3.8) is 0 Å². The number of aryl methyl sites for hydroxylation is 4. The first-order valence-electron chi connectivity index (χ1n) is 16.3. The van der Waals surface area contributed by atoms with Gasteiger partial charge in [0.15, 0.2) is 0 Å². The van der Waals surface area contributed by atoms with E-state index in [4.69, 9.17) is 29.8 Å². The molecule has 2 aromatic carbocycles. The van der Waals surface area contributed by atoms with Crippen molar-refractivity contribution in [1.29, 1.82) is 0 Å². The summed E-state index contributed by atoms with van der Waals surface area (Å²) in [6.07, 6.45) is 12.7. The Morgan fingerprint density at radius 1 is 0.761 bits per heavy atom. The molecule has 0 aromatic heterocycles. The zero-order valence-corrected chi connectivity index (χ0v) is 29.9. The Bertz CT molecular complexity index is 1180. The number of phenols is 2. The standard InChI is InChI=1S/C33H48N2O2.2C2H4O2.Co/c1-7-26-16-24(14-12-22(3)4)18-28(32(26)36)20-34-30-10-9-11-31(30)35-21-29-19-25(15-13-23(5)6)17-27(8-2)33(29)37;2*1-2(3)4;/h16-23,30-31,36-37H,7-15H2,1-6H3;2*1H3,(H,3,4);/q;;;+2/p-2. The minimum Gasteiger partial charge on any atom is -0.550 e. The van der Waals surface area contributed by atoms with Gasteiger partial charge in [0.25, 0.3) is 0 Å². The Morgan fingerprint density at radius 2 is 1.09 bits per heavy atom. The molecule has 9 heteroatoms. The maximum absolute atomic E-state index is 10.8. The Hall–Kier alpha value is -3.17. The zero-order valence-electron chi connectivity index (χ0n) is 28.9. The van der Waals surface area contributed by atoms with Gasteiger partial charge in [-0.15, -0.1) is 0 Å². The number of benzene rings is 2. The molecular weight excluding hydrogens is 627 g/mol. The monoisotopic (exact) mass is 681 g/mol. The fraction of sp³-hybridized carbons (Fsp3) is 0.568. The van der Waals surface area contributed by atoms with E-state index < -0.39 is 11.9 Å². The Morgan fingerprint density at radius 3 is 1.37 bits per heavy atom. The Labute approximate surface area is 286 Å². The van der Waals surface area contributed by atoms with Crippen molar-refractivity contribution in [3.05, 3.63) is 57.6 Å². The van der Waals surface area contributed by atoms with Crippen LogP contribution in [0.4, 0.5) is 0 Å². The number of carboxylic acid groups (broad SMARTS) is 2. The summed E-state index contributed by atoms with van der Waals surface area (Å²) < 4.78 is 0. The predicted octanol–water partition coefficient (Wildman–Crippen LogP) is 5.37. The molecule has 0 saturated heterocycles. The maximum atomic E-state index is 10.8. The van der Waals surface area contributed by atoms with E-state index >= 15 is 0 Å². The average molecular weight is 682 g/mol. The molecule has 257 valence electrons. The summed E-state index contributed by atoms with van der Waals surface area (Å²) in [7, 11) is 0. The third-order valence-electron chi connectivity index (χ3n) is 7.59. The van der Waals surface area contributed by atoms with Gasteiger partial charge in [0.1, 0.15) is 11.5 Å². The topological polar surface area (TPSA) is 145 Å². The molecule has 1 aliphatic rings. The molecule has 1 saturated carbocycles. The summed E-state index contributed by atoms with van der Waals surface area (Å²) in [4.78, 5) is 27.6. The summed E-state index contributed by atoms with van der Waals surface area (Å²) in [5.74, 6) is -0.158. The molecule has 1 radical (unpaired) electrons. The van der Waals surface area contributed by atoms with E-state index in [0.29, 0.717) is 23.3 Å². The summed E-state index contributed by atoms with van der Waals surface area (Å²) in [5, 5.41) is 39.4. The van der Waals surface area contributed by atoms with Crippen LogP contribution in [0, 0.1) is 11.8 Å². The molecule has 2 unspecified atom stereocenters. The van der Waals surface area contributed by atoms with E-state index in [1.807, 2.05) is 12.4 Å². The van der Waals surface area contributed by atoms with Crippen LogP contribution in [0.2, 0.25) is 0 Å². The SMILES string of the molecule is CC(=O)[O-].CC(=O)[O-].CCc1cc(CCC(C)C)cc(C=NC2CCCC2N=Cc2cc(CCC(C)C)cc(CC)c2O)c1O.[Co+2]. The predicted molar refractivity (Wildman–Crippen MR) is 179 cm³/mol. The van der Waals surface area contributed by atoms with Crippen molar-refractivity contribution < 1.29 is 46.8 Å². The Kier molecular flexibility index (Phi) is 20.8. The molecule has 0 aliphatic heterocycles. The Balaban J connectivity index is 0.00000201. The van der Waals surface area contributed by atoms with E-state index in [0.717, 1.165) is 93.9 Å². The van der Waals surface area contributed by atoms with Crippen molar-refractivity contribution in [2.45, 2.75) is 125 Å². The van der Waals surface area contributed by atoms with E-state index in [2.05, 4.69) is 65.8 Å². The van der Waals surface area contributed by atoms with Gasteiger partial charge >= 0.3 is 16.8 Å². The van der Waals surface area contributed by atoms with Crippen molar-refractivity contribution in [3.8, 4) is 11.5 Å². The van der Waals surface area contributed by atoms with Crippen molar-refractivity contribution in [2.75, 3.05) is 0 Å². The van der Waals surface area contributed by atoms with Crippen LogP contribution >= 0.6 is 0 Å². The van der Waals surface area contributed by atoms with Crippen LogP contribution in [0.15, 0.2) is 34.3 Å². The molecular formula is C37H54CoN2O6. The number of aliphatic imine (C=N–C) groups is 2. The second kappa shape index (κ2) is 22.4.